The number of hydrogen-bond donors (Lipinski definition) is 2. The van der Waals surface area contributed by atoms with Crippen LogP contribution in [0.15, 0.2) is 36.7 Å². The van der Waals surface area contributed by atoms with E-state index >= 15 is 0 Å². The van der Waals surface area contributed by atoms with Gasteiger partial charge in [0.2, 0.25) is 0 Å². The fourth-order valence-corrected chi connectivity index (χ4v) is 4.37. The minimum Gasteiger partial charge on any atom is -0.444 e. The van der Waals surface area contributed by atoms with Crippen LogP contribution in [0.1, 0.15) is 55.2 Å². The fourth-order valence-electron chi connectivity index (χ4n) is 4.37. The Bertz CT molecular complexity index is 1050. The van der Waals surface area contributed by atoms with Gasteiger partial charge < -0.3 is 20.1 Å². The number of anilines is 1. The average molecular weight is 482 g/mol. The van der Waals surface area contributed by atoms with Crippen molar-refractivity contribution in [3.63, 3.8) is 0 Å². The van der Waals surface area contributed by atoms with E-state index in [0.29, 0.717) is 37.6 Å². The Morgan fingerprint density at radius 2 is 1.94 bits per heavy atom. The van der Waals surface area contributed by atoms with Crippen LogP contribution in [0.3, 0.4) is 0 Å². The number of ether oxygens (including phenoxy) is 1. The molecule has 2 aromatic rings. The summed E-state index contributed by atoms with van der Waals surface area (Å²) in [6.07, 6.45) is 2.05. The van der Waals surface area contributed by atoms with Crippen molar-refractivity contribution in [3.05, 3.63) is 53.5 Å². The highest BCUT2D eigenvalue weighted by atomic mass is 16.6. The zero-order valence-electron chi connectivity index (χ0n) is 20.7. The zero-order chi connectivity index (χ0) is 25.0. The van der Waals surface area contributed by atoms with Crippen molar-refractivity contribution in [2.45, 2.75) is 64.3 Å². The zero-order valence-corrected chi connectivity index (χ0v) is 20.7. The molecule has 1 fully saturated rings. The number of nitrogens with zero attached hydrogens (tertiary/aromatic N) is 4. The van der Waals surface area contributed by atoms with Crippen LogP contribution in [0, 0.1) is 0 Å². The number of likely N-dealkylation sites (tertiary alicyclic amines) is 1. The number of ketones is 1. The molecule has 0 saturated carbocycles. The molecule has 1 atom stereocenters. The molecule has 0 radical (unpaired) electrons. The molecule has 2 N–H and O–H groups in total. The van der Waals surface area contributed by atoms with Crippen LogP contribution in [0.4, 0.5) is 10.6 Å². The van der Waals surface area contributed by atoms with Crippen molar-refractivity contribution in [1.29, 1.82) is 0 Å². The number of β-amino-alcohol motifs (C(OH)–C–C–N with tert-alkyl or cyclic N) is 1. The second-order valence-electron chi connectivity index (χ2n) is 10.4. The highest BCUT2D eigenvalue weighted by Crippen LogP contribution is 2.20. The van der Waals surface area contributed by atoms with Crippen molar-refractivity contribution in [2.75, 3.05) is 31.5 Å². The van der Waals surface area contributed by atoms with Crippen LogP contribution in [-0.2, 0) is 17.7 Å². The number of Topliss-reactive ketones (excluding diaryl/α,β-unsaturated/α-hetero) is 1. The van der Waals surface area contributed by atoms with Crippen molar-refractivity contribution >= 4 is 17.7 Å². The summed E-state index contributed by atoms with van der Waals surface area (Å²) in [5, 5.41) is 13.8. The Morgan fingerprint density at radius 3 is 2.69 bits per heavy atom. The number of aromatic nitrogens is 2. The number of nitrogens with one attached hydrogen (secondary N) is 1. The van der Waals surface area contributed by atoms with Crippen LogP contribution >= 0.6 is 0 Å². The summed E-state index contributed by atoms with van der Waals surface area (Å²) in [5.41, 5.74) is 2.49. The van der Waals surface area contributed by atoms with Gasteiger partial charge in [-0.05, 0) is 44.7 Å². The molecule has 188 valence electrons. The highest BCUT2D eigenvalue weighted by molar-refractivity contribution is 5.94. The van der Waals surface area contributed by atoms with Gasteiger partial charge in [-0.1, -0.05) is 24.3 Å². The number of rotatable bonds is 8. The van der Waals surface area contributed by atoms with E-state index in [-0.39, 0.29) is 24.3 Å². The third-order valence-corrected chi connectivity index (χ3v) is 6.22. The van der Waals surface area contributed by atoms with Gasteiger partial charge >= 0.3 is 6.09 Å². The van der Waals surface area contributed by atoms with Gasteiger partial charge in [-0.25, -0.2) is 14.8 Å². The third-order valence-electron chi connectivity index (χ3n) is 6.22. The van der Waals surface area contributed by atoms with Crippen LogP contribution in [-0.4, -0.2) is 80.7 Å². The quantitative estimate of drug-likeness (QED) is 0.554. The third kappa shape index (κ3) is 6.99. The van der Waals surface area contributed by atoms with E-state index in [0.717, 1.165) is 19.5 Å². The smallest absolute Gasteiger partial charge is 0.410 e. The van der Waals surface area contributed by atoms with Gasteiger partial charge in [-0.2, -0.15) is 0 Å². The number of hydrogen-bond acceptors (Lipinski definition) is 8. The predicted molar refractivity (Wildman–Crippen MR) is 132 cm³/mol. The molecular weight excluding hydrogens is 446 g/mol. The number of fused-ring (bicyclic) bond motifs is 1. The Hall–Kier alpha value is -3.04. The average Bonchev–Trinajstić information content (AvgIpc) is 2.78. The molecule has 1 amide bonds. The largest absolute Gasteiger partial charge is 0.444 e. The first-order chi connectivity index (χ1) is 16.7. The number of carbonyl (C=O) groups is 2. The lowest BCUT2D eigenvalue weighted by atomic mass is 9.99. The summed E-state index contributed by atoms with van der Waals surface area (Å²) in [6.45, 7) is 8.83. The van der Waals surface area contributed by atoms with E-state index in [1.807, 2.05) is 26.8 Å². The summed E-state index contributed by atoms with van der Waals surface area (Å²) < 4.78 is 5.37. The lowest BCUT2D eigenvalue weighted by Crippen LogP contribution is -2.58. The Kier molecular flexibility index (Phi) is 7.66. The lowest BCUT2D eigenvalue weighted by molar-refractivity contribution is 0.0104. The molecule has 1 aromatic carbocycles. The molecule has 35 heavy (non-hydrogen) atoms. The number of amides is 1. The van der Waals surface area contributed by atoms with E-state index in [9.17, 15) is 14.7 Å². The molecule has 3 heterocycles. The SMILES string of the molecule is CC(C)(C)OC(=O)N1CC(Nc2cc(C(=O)CC[C@H](O)CN3CCc4ccccc4C3)ncn2)C1. The lowest BCUT2D eigenvalue weighted by Gasteiger charge is -2.40. The van der Waals surface area contributed by atoms with Gasteiger partial charge in [-0.15, -0.1) is 0 Å². The molecule has 4 rings (SSSR count). The van der Waals surface area contributed by atoms with Gasteiger partial charge in [0.1, 0.15) is 23.4 Å². The number of carbonyl (C=O) groups excluding carboxylic acids is 2. The van der Waals surface area contributed by atoms with Crippen molar-refractivity contribution < 1.29 is 19.4 Å². The Morgan fingerprint density at radius 1 is 1.20 bits per heavy atom. The number of aliphatic hydroxyl groups excluding tert-OH is 1. The second-order valence-corrected chi connectivity index (χ2v) is 10.4. The number of benzene rings is 1. The van der Waals surface area contributed by atoms with Crippen LogP contribution in [0.5, 0.6) is 0 Å². The first-order valence-corrected chi connectivity index (χ1v) is 12.2. The van der Waals surface area contributed by atoms with Gasteiger partial charge in [0.15, 0.2) is 5.78 Å². The molecule has 1 saturated heterocycles. The van der Waals surface area contributed by atoms with E-state index in [2.05, 4.69) is 38.4 Å². The molecule has 0 bridgehead atoms. The normalized spacial score (nSPS) is 17.3. The van der Waals surface area contributed by atoms with Crippen LogP contribution < -0.4 is 5.32 Å². The van der Waals surface area contributed by atoms with Crippen molar-refractivity contribution in [2.24, 2.45) is 0 Å². The van der Waals surface area contributed by atoms with Gasteiger partial charge in [-0.3, -0.25) is 9.69 Å². The minimum atomic E-state index is -0.572. The van der Waals surface area contributed by atoms with Gasteiger partial charge in [0, 0.05) is 45.2 Å². The fraction of sp³-hybridized carbons (Fsp3) is 0.538. The molecule has 0 aliphatic carbocycles. The first-order valence-electron chi connectivity index (χ1n) is 12.2. The maximum Gasteiger partial charge on any atom is 0.410 e. The Balaban J connectivity index is 1.20. The molecule has 1 aromatic heterocycles. The monoisotopic (exact) mass is 481 g/mol. The van der Waals surface area contributed by atoms with E-state index in [1.54, 1.807) is 11.0 Å². The molecule has 0 spiro atoms. The van der Waals surface area contributed by atoms with E-state index < -0.39 is 11.7 Å². The summed E-state index contributed by atoms with van der Waals surface area (Å²) in [5.74, 6) is 0.423. The topological polar surface area (TPSA) is 108 Å². The van der Waals surface area contributed by atoms with Gasteiger partial charge in [0.05, 0.1) is 12.1 Å². The highest BCUT2D eigenvalue weighted by Gasteiger charge is 2.34. The summed E-state index contributed by atoms with van der Waals surface area (Å²) in [4.78, 5) is 36.9. The van der Waals surface area contributed by atoms with Crippen LogP contribution in [0.2, 0.25) is 0 Å². The molecule has 0 unspecified atom stereocenters. The molecule has 9 heteroatoms. The van der Waals surface area contributed by atoms with E-state index in [4.69, 9.17) is 4.74 Å². The molecular formula is C26H35N5O4. The molecule has 9 nitrogen and oxygen atoms in total. The van der Waals surface area contributed by atoms with Crippen LogP contribution in [0.25, 0.3) is 0 Å². The Labute approximate surface area is 206 Å². The minimum absolute atomic E-state index is 0.0388. The maximum absolute atomic E-state index is 12.7. The summed E-state index contributed by atoms with van der Waals surface area (Å²) in [6, 6.07) is 10.1. The number of aliphatic hydroxyl groups is 1. The summed E-state index contributed by atoms with van der Waals surface area (Å²) >= 11 is 0. The molecule has 2 aliphatic heterocycles. The first kappa shape index (κ1) is 25.1. The van der Waals surface area contributed by atoms with Crippen molar-refractivity contribution in [3.8, 4) is 0 Å². The molecule has 2 aliphatic rings. The second kappa shape index (κ2) is 10.7. The van der Waals surface area contributed by atoms with Crippen molar-refractivity contribution in [1.82, 2.24) is 19.8 Å². The summed E-state index contributed by atoms with van der Waals surface area (Å²) in [7, 11) is 0. The predicted octanol–water partition coefficient (Wildman–Crippen LogP) is 2.89. The van der Waals surface area contributed by atoms with E-state index in [1.165, 1.54) is 17.5 Å². The van der Waals surface area contributed by atoms with Gasteiger partial charge in [0.25, 0.3) is 0 Å². The standard InChI is InChI=1S/C26H35N5O4/c1-26(2,3)35-25(34)31-14-20(15-31)29-24-12-22(27-17-28-24)23(33)9-8-21(32)16-30-11-10-18-6-4-5-7-19(18)13-30/h4-7,12,17,20-21,32H,8-11,13-16H2,1-3H3,(H,27,28,29)/t21-/m0/s1. The maximum atomic E-state index is 12.7.